The van der Waals surface area contributed by atoms with Crippen LogP contribution in [-0.2, 0) is 4.74 Å². The van der Waals surface area contributed by atoms with E-state index in [1.165, 1.54) is 4.70 Å². The number of nitrogens with zero attached hydrogens (tertiary/aromatic N) is 6. The van der Waals surface area contributed by atoms with Crippen molar-refractivity contribution in [2.75, 3.05) is 31.2 Å². The lowest BCUT2D eigenvalue weighted by atomic mass is 10.2. The molecule has 5 rings (SSSR count). The minimum atomic E-state index is 0.717. The molecule has 1 aromatic carbocycles. The summed E-state index contributed by atoms with van der Waals surface area (Å²) in [4.78, 5) is 20.3. The molecule has 0 atom stereocenters. The zero-order chi connectivity index (χ0) is 18.2. The topological polar surface area (TPSA) is 69.0 Å². The predicted octanol–water partition coefficient (Wildman–Crippen LogP) is 3.08. The van der Waals surface area contributed by atoms with E-state index in [1.54, 1.807) is 17.5 Å². The van der Waals surface area contributed by atoms with Gasteiger partial charge in [-0.05, 0) is 25.1 Å². The van der Waals surface area contributed by atoms with Gasteiger partial charge in [0.15, 0.2) is 0 Å². The quantitative estimate of drug-likeness (QED) is 0.546. The zero-order valence-corrected chi connectivity index (χ0v) is 15.7. The number of hydrogen-bond acceptors (Lipinski definition) is 7. The maximum absolute atomic E-state index is 5.39. The monoisotopic (exact) mass is 378 g/mol. The second-order valence-electron chi connectivity index (χ2n) is 6.38. The summed E-state index contributed by atoms with van der Waals surface area (Å²) in [6.07, 6.45) is 7.44. The molecule has 0 spiro atoms. The standard InChI is InChI=1S/C19H18N6OS/c1-13-23-16-3-2-15(10-17(16)27-13)25-5-4-20-18(25)14-11-21-19(22-12-14)24-6-8-26-9-7-24/h2-5,10-12H,6-9H2,1H3. The molecule has 4 heterocycles. The van der Waals surface area contributed by atoms with Gasteiger partial charge in [-0.2, -0.15) is 0 Å². The molecular formula is C19H18N6OS. The van der Waals surface area contributed by atoms with Gasteiger partial charge in [0.25, 0.3) is 0 Å². The Balaban J connectivity index is 1.48. The molecule has 8 heteroatoms. The van der Waals surface area contributed by atoms with Gasteiger partial charge in [0.1, 0.15) is 5.82 Å². The van der Waals surface area contributed by atoms with Crippen LogP contribution >= 0.6 is 11.3 Å². The van der Waals surface area contributed by atoms with Crippen molar-refractivity contribution in [2.24, 2.45) is 0 Å². The number of ether oxygens (including phenoxy) is 1. The van der Waals surface area contributed by atoms with E-state index in [9.17, 15) is 0 Å². The molecule has 1 fully saturated rings. The van der Waals surface area contributed by atoms with Crippen molar-refractivity contribution >= 4 is 27.5 Å². The van der Waals surface area contributed by atoms with Crippen molar-refractivity contribution < 1.29 is 4.74 Å². The van der Waals surface area contributed by atoms with Gasteiger partial charge in [-0.15, -0.1) is 11.3 Å². The molecule has 0 amide bonds. The van der Waals surface area contributed by atoms with Gasteiger partial charge in [0.05, 0.1) is 34.0 Å². The van der Waals surface area contributed by atoms with Crippen LogP contribution in [-0.4, -0.2) is 50.8 Å². The molecule has 0 unspecified atom stereocenters. The molecular weight excluding hydrogens is 360 g/mol. The van der Waals surface area contributed by atoms with Crippen LogP contribution in [0.15, 0.2) is 43.0 Å². The third-order valence-corrected chi connectivity index (χ3v) is 5.52. The molecule has 0 radical (unpaired) electrons. The van der Waals surface area contributed by atoms with Crippen molar-refractivity contribution in [1.82, 2.24) is 24.5 Å². The zero-order valence-electron chi connectivity index (χ0n) is 14.9. The maximum atomic E-state index is 5.39. The minimum absolute atomic E-state index is 0.717. The first kappa shape index (κ1) is 16.3. The van der Waals surface area contributed by atoms with Gasteiger partial charge in [0, 0.05) is 43.6 Å². The van der Waals surface area contributed by atoms with Gasteiger partial charge in [-0.25, -0.2) is 19.9 Å². The highest BCUT2D eigenvalue weighted by Crippen LogP contribution is 2.27. The predicted molar refractivity (Wildman–Crippen MR) is 106 cm³/mol. The molecule has 0 N–H and O–H groups in total. The van der Waals surface area contributed by atoms with E-state index in [-0.39, 0.29) is 0 Å². The normalized spacial score (nSPS) is 14.8. The van der Waals surface area contributed by atoms with E-state index >= 15 is 0 Å². The number of hydrogen-bond donors (Lipinski definition) is 0. The van der Waals surface area contributed by atoms with Crippen LogP contribution in [0.5, 0.6) is 0 Å². The number of imidazole rings is 1. The summed E-state index contributed by atoms with van der Waals surface area (Å²) >= 11 is 1.70. The lowest BCUT2D eigenvalue weighted by Crippen LogP contribution is -2.37. The summed E-state index contributed by atoms with van der Waals surface area (Å²) in [6, 6.07) is 6.26. The SMILES string of the molecule is Cc1nc2ccc(-n3ccnc3-c3cnc(N4CCOCC4)nc3)cc2s1. The summed E-state index contributed by atoms with van der Waals surface area (Å²) in [5.74, 6) is 1.56. The summed E-state index contributed by atoms with van der Waals surface area (Å²) in [5.41, 5.74) is 2.97. The molecule has 1 aliphatic heterocycles. The number of aromatic nitrogens is 5. The number of rotatable bonds is 3. The summed E-state index contributed by atoms with van der Waals surface area (Å²) < 4.78 is 8.61. The summed E-state index contributed by atoms with van der Waals surface area (Å²) in [6.45, 7) is 5.11. The van der Waals surface area contributed by atoms with Crippen molar-refractivity contribution in [3.63, 3.8) is 0 Å². The molecule has 0 aliphatic carbocycles. The number of benzene rings is 1. The average molecular weight is 378 g/mol. The fourth-order valence-corrected chi connectivity index (χ4v) is 4.13. The van der Waals surface area contributed by atoms with Gasteiger partial charge >= 0.3 is 0 Å². The Labute approximate surface area is 160 Å². The number of aryl methyl sites for hydroxylation is 1. The van der Waals surface area contributed by atoms with Crippen molar-refractivity contribution in [1.29, 1.82) is 0 Å². The van der Waals surface area contributed by atoms with Crippen LogP contribution in [0.25, 0.3) is 27.3 Å². The Hall–Kier alpha value is -2.84. The number of morpholine rings is 1. The fourth-order valence-electron chi connectivity index (χ4n) is 3.27. The number of fused-ring (bicyclic) bond motifs is 1. The number of thiazole rings is 1. The highest BCUT2D eigenvalue weighted by atomic mass is 32.1. The first-order valence-corrected chi connectivity index (χ1v) is 9.65. The second-order valence-corrected chi connectivity index (χ2v) is 7.61. The third kappa shape index (κ3) is 3.07. The molecule has 7 nitrogen and oxygen atoms in total. The van der Waals surface area contributed by atoms with E-state index in [4.69, 9.17) is 4.74 Å². The molecule has 0 bridgehead atoms. The Morgan fingerprint density at radius 1 is 1.07 bits per heavy atom. The lowest BCUT2D eigenvalue weighted by molar-refractivity contribution is 0.122. The Morgan fingerprint density at radius 2 is 1.89 bits per heavy atom. The molecule has 136 valence electrons. The van der Waals surface area contributed by atoms with Crippen LogP contribution in [0, 0.1) is 6.92 Å². The lowest BCUT2D eigenvalue weighted by Gasteiger charge is -2.26. The summed E-state index contributed by atoms with van der Waals surface area (Å²) in [7, 11) is 0. The van der Waals surface area contributed by atoms with E-state index < -0.39 is 0 Å². The van der Waals surface area contributed by atoms with Crippen LogP contribution in [0.3, 0.4) is 0 Å². The van der Waals surface area contributed by atoms with Gasteiger partial charge in [-0.1, -0.05) is 0 Å². The largest absolute Gasteiger partial charge is 0.378 e. The Kier molecular flexibility index (Phi) is 4.06. The van der Waals surface area contributed by atoms with E-state index in [0.717, 1.165) is 59.9 Å². The van der Waals surface area contributed by atoms with Crippen molar-refractivity contribution in [2.45, 2.75) is 6.92 Å². The summed E-state index contributed by atoms with van der Waals surface area (Å²) in [5, 5.41) is 1.07. The van der Waals surface area contributed by atoms with E-state index in [1.807, 2.05) is 25.5 Å². The molecule has 3 aromatic heterocycles. The van der Waals surface area contributed by atoms with Crippen LogP contribution in [0.4, 0.5) is 5.95 Å². The fraction of sp³-hybridized carbons (Fsp3) is 0.263. The van der Waals surface area contributed by atoms with Crippen molar-refractivity contribution in [3.8, 4) is 17.1 Å². The van der Waals surface area contributed by atoms with Gasteiger partial charge in [-0.3, -0.25) is 4.57 Å². The molecule has 0 saturated carbocycles. The first-order valence-electron chi connectivity index (χ1n) is 8.84. The van der Waals surface area contributed by atoms with Gasteiger partial charge in [0.2, 0.25) is 5.95 Å². The van der Waals surface area contributed by atoms with Crippen molar-refractivity contribution in [3.05, 3.63) is 48.0 Å². The number of anilines is 1. The highest BCUT2D eigenvalue weighted by molar-refractivity contribution is 7.18. The first-order chi connectivity index (χ1) is 13.3. The van der Waals surface area contributed by atoms with Crippen LogP contribution in [0.2, 0.25) is 0 Å². The van der Waals surface area contributed by atoms with Crippen LogP contribution in [0.1, 0.15) is 5.01 Å². The van der Waals surface area contributed by atoms with E-state index in [2.05, 4.69) is 47.6 Å². The molecule has 27 heavy (non-hydrogen) atoms. The smallest absolute Gasteiger partial charge is 0.225 e. The maximum Gasteiger partial charge on any atom is 0.225 e. The highest BCUT2D eigenvalue weighted by Gasteiger charge is 2.15. The van der Waals surface area contributed by atoms with E-state index in [0.29, 0.717) is 0 Å². The Morgan fingerprint density at radius 3 is 2.70 bits per heavy atom. The minimum Gasteiger partial charge on any atom is -0.378 e. The van der Waals surface area contributed by atoms with Gasteiger partial charge < -0.3 is 9.64 Å². The average Bonchev–Trinajstić information content (AvgIpc) is 3.34. The third-order valence-electron chi connectivity index (χ3n) is 4.59. The second kappa shape index (κ2) is 6.71. The molecule has 1 aliphatic rings. The van der Waals surface area contributed by atoms with Crippen LogP contribution < -0.4 is 4.90 Å². The molecule has 1 saturated heterocycles. The molecule has 4 aromatic rings. The Bertz CT molecular complexity index is 1080.